The van der Waals surface area contributed by atoms with Crippen LogP contribution in [-0.2, 0) is 4.74 Å². The standard InChI is InChI=1S/C14H21NO/c1-3-11(2)12-4-6-13(7-5-12)15-14-8-9-16-10-14/h4-7,11,14-15H,3,8-10H2,1-2H3. The highest BCUT2D eigenvalue weighted by molar-refractivity contribution is 5.46. The van der Waals surface area contributed by atoms with Gasteiger partial charge in [0.15, 0.2) is 0 Å². The Morgan fingerprint density at radius 3 is 2.69 bits per heavy atom. The summed E-state index contributed by atoms with van der Waals surface area (Å²) in [5.74, 6) is 0.656. The Morgan fingerprint density at radius 1 is 1.38 bits per heavy atom. The minimum atomic E-state index is 0.495. The second kappa shape index (κ2) is 5.35. The van der Waals surface area contributed by atoms with Gasteiger partial charge in [-0.25, -0.2) is 0 Å². The molecule has 2 nitrogen and oxygen atoms in total. The van der Waals surface area contributed by atoms with Crippen molar-refractivity contribution in [2.45, 2.75) is 38.6 Å². The largest absolute Gasteiger partial charge is 0.380 e. The molecular formula is C14H21NO. The fourth-order valence-electron chi connectivity index (χ4n) is 2.03. The lowest BCUT2D eigenvalue weighted by atomic mass is 9.98. The van der Waals surface area contributed by atoms with Gasteiger partial charge in [0.1, 0.15) is 0 Å². The summed E-state index contributed by atoms with van der Waals surface area (Å²) in [5.41, 5.74) is 2.64. The van der Waals surface area contributed by atoms with Crippen LogP contribution in [-0.4, -0.2) is 19.3 Å². The number of hydrogen-bond acceptors (Lipinski definition) is 2. The summed E-state index contributed by atoms with van der Waals surface area (Å²) in [4.78, 5) is 0. The number of hydrogen-bond donors (Lipinski definition) is 1. The average molecular weight is 219 g/mol. The molecule has 0 radical (unpaired) electrons. The number of ether oxygens (including phenoxy) is 1. The lowest BCUT2D eigenvalue weighted by molar-refractivity contribution is 0.195. The SMILES string of the molecule is CCC(C)c1ccc(NC2CCOC2)cc1. The summed E-state index contributed by atoms with van der Waals surface area (Å²) in [6.45, 7) is 6.23. The molecule has 1 heterocycles. The zero-order valence-electron chi connectivity index (χ0n) is 10.2. The van der Waals surface area contributed by atoms with E-state index in [9.17, 15) is 0 Å². The van der Waals surface area contributed by atoms with E-state index in [-0.39, 0.29) is 0 Å². The van der Waals surface area contributed by atoms with Crippen LogP contribution in [0.1, 0.15) is 38.2 Å². The van der Waals surface area contributed by atoms with Crippen LogP contribution in [0.4, 0.5) is 5.69 Å². The molecule has 2 heteroatoms. The zero-order chi connectivity index (χ0) is 11.4. The molecule has 2 unspecified atom stereocenters. The predicted octanol–water partition coefficient (Wildman–Crippen LogP) is 3.40. The average Bonchev–Trinajstić information content (AvgIpc) is 2.82. The molecule has 1 aromatic carbocycles. The highest BCUT2D eigenvalue weighted by atomic mass is 16.5. The Hall–Kier alpha value is -1.02. The first kappa shape index (κ1) is 11.5. The van der Waals surface area contributed by atoms with E-state index in [2.05, 4.69) is 43.4 Å². The molecule has 16 heavy (non-hydrogen) atoms. The first-order chi connectivity index (χ1) is 7.79. The fraction of sp³-hybridized carbons (Fsp3) is 0.571. The first-order valence-corrected chi connectivity index (χ1v) is 6.24. The maximum absolute atomic E-state index is 5.35. The zero-order valence-corrected chi connectivity index (χ0v) is 10.2. The molecule has 2 atom stereocenters. The number of rotatable bonds is 4. The Morgan fingerprint density at radius 2 is 2.12 bits per heavy atom. The van der Waals surface area contributed by atoms with Crippen molar-refractivity contribution in [3.05, 3.63) is 29.8 Å². The lowest BCUT2D eigenvalue weighted by Gasteiger charge is -2.14. The van der Waals surface area contributed by atoms with Gasteiger partial charge in [-0.1, -0.05) is 26.0 Å². The van der Waals surface area contributed by atoms with Crippen LogP contribution in [0.25, 0.3) is 0 Å². The van der Waals surface area contributed by atoms with Gasteiger partial charge < -0.3 is 10.1 Å². The van der Waals surface area contributed by atoms with Crippen LogP contribution >= 0.6 is 0 Å². The van der Waals surface area contributed by atoms with Crippen LogP contribution in [0, 0.1) is 0 Å². The van der Waals surface area contributed by atoms with Crippen molar-refractivity contribution in [1.29, 1.82) is 0 Å². The van der Waals surface area contributed by atoms with Gasteiger partial charge >= 0.3 is 0 Å². The van der Waals surface area contributed by atoms with Crippen LogP contribution in [0.3, 0.4) is 0 Å². The van der Waals surface area contributed by atoms with Crippen molar-refractivity contribution in [2.24, 2.45) is 0 Å². The third-order valence-electron chi connectivity index (χ3n) is 3.39. The molecule has 1 aliphatic heterocycles. The van der Waals surface area contributed by atoms with Crippen molar-refractivity contribution in [1.82, 2.24) is 0 Å². The highest BCUT2D eigenvalue weighted by Crippen LogP contribution is 2.21. The van der Waals surface area contributed by atoms with Gasteiger partial charge in [-0.15, -0.1) is 0 Å². The minimum absolute atomic E-state index is 0.495. The third kappa shape index (κ3) is 2.76. The van der Waals surface area contributed by atoms with Crippen LogP contribution in [0.15, 0.2) is 24.3 Å². The normalized spacial score (nSPS) is 22.0. The molecule has 2 rings (SSSR count). The van der Waals surface area contributed by atoms with E-state index in [0.29, 0.717) is 12.0 Å². The Bertz CT molecular complexity index is 314. The molecule has 0 aliphatic carbocycles. The number of benzene rings is 1. The van der Waals surface area contributed by atoms with Crippen molar-refractivity contribution >= 4 is 5.69 Å². The Balaban J connectivity index is 1.96. The number of anilines is 1. The Kier molecular flexibility index (Phi) is 3.83. The van der Waals surface area contributed by atoms with Gasteiger partial charge in [-0.3, -0.25) is 0 Å². The van der Waals surface area contributed by atoms with Crippen LogP contribution in [0.2, 0.25) is 0 Å². The fourth-order valence-corrected chi connectivity index (χ4v) is 2.03. The molecule has 0 spiro atoms. The van der Waals surface area contributed by atoms with Gasteiger partial charge in [-0.05, 0) is 36.5 Å². The van der Waals surface area contributed by atoms with Crippen LogP contribution in [0.5, 0.6) is 0 Å². The molecule has 88 valence electrons. The van der Waals surface area contributed by atoms with Crippen molar-refractivity contribution in [3.8, 4) is 0 Å². The molecule has 0 bridgehead atoms. The summed E-state index contributed by atoms with van der Waals surface area (Å²) in [6, 6.07) is 9.31. The first-order valence-electron chi connectivity index (χ1n) is 6.24. The second-order valence-corrected chi connectivity index (χ2v) is 4.64. The van der Waals surface area contributed by atoms with Crippen molar-refractivity contribution in [2.75, 3.05) is 18.5 Å². The van der Waals surface area contributed by atoms with Gasteiger partial charge in [0.05, 0.1) is 12.6 Å². The maximum Gasteiger partial charge on any atom is 0.0668 e. The summed E-state index contributed by atoms with van der Waals surface area (Å²) in [7, 11) is 0. The van der Waals surface area contributed by atoms with Crippen LogP contribution < -0.4 is 5.32 Å². The highest BCUT2D eigenvalue weighted by Gasteiger charge is 2.14. The van der Waals surface area contributed by atoms with E-state index in [1.165, 1.54) is 17.7 Å². The molecule has 1 N–H and O–H groups in total. The molecule has 1 saturated heterocycles. The van der Waals surface area contributed by atoms with Crippen molar-refractivity contribution < 1.29 is 4.74 Å². The molecule has 1 fully saturated rings. The van der Waals surface area contributed by atoms with Crippen molar-refractivity contribution in [3.63, 3.8) is 0 Å². The van der Waals surface area contributed by atoms with E-state index in [1.54, 1.807) is 0 Å². The monoisotopic (exact) mass is 219 g/mol. The van der Waals surface area contributed by atoms with E-state index < -0.39 is 0 Å². The summed E-state index contributed by atoms with van der Waals surface area (Å²) in [6.07, 6.45) is 2.32. The summed E-state index contributed by atoms with van der Waals surface area (Å²) in [5, 5.41) is 3.50. The predicted molar refractivity (Wildman–Crippen MR) is 68.0 cm³/mol. The van der Waals surface area contributed by atoms with E-state index in [0.717, 1.165) is 19.6 Å². The molecule has 0 amide bonds. The second-order valence-electron chi connectivity index (χ2n) is 4.64. The maximum atomic E-state index is 5.35. The molecule has 1 aliphatic rings. The van der Waals surface area contributed by atoms with Gasteiger partial charge in [0.25, 0.3) is 0 Å². The summed E-state index contributed by atoms with van der Waals surface area (Å²) < 4.78 is 5.35. The molecule has 0 aromatic heterocycles. The van der Waals surface area contributed by atoms with E-state index in [1.807, 2.05) is 0 Å². The molecule has 0 saturated carbocycles. The lowest BCUT2D eigenvalue weighted by Crippen LogP contribution is -2.18. The number of nitrogens with one attached hydrogen (secondary N) is 1. The molecule has 1 aromatic rings. The third-order valence-corrected chi connectivity index (χ3v) is 3.39. The topological polar surface area (TPSA) is 21.3 Å². The smallest absolute Gasteiger partial charge is 0.0668 e. The van der Waals surface area contributed by atoms with E-state index >= 15 is 0 Å². The summed E-state index contributed by atoms with van der Waals surface area (Å²) >= 11 is 0. The van der Waals surface area contributed by atoms with Gasteiger partial charge in [0.2, 0.25) is 0 Å². The van der Waals surface area contributed by atoms with E-state index in [4.69, 9.17) is 4.74 Å². The quantitative estimate of drug-likeness (QED) is 0.838. The van der Waals surface area contributed by atoms with Gasteiger partial charge in [0, 0.05) is 12.3 Å². The molecular weight excluding hydrogens is 198 g/mol. The van der Waals surface area contributed by atoms with Gasteiger partial charge in [-0.2, -0.15) is 0 Å². The Labute approximate surface area is 98.0 Å². The minimum Gasteiger partial charge on any atom is -0.380 e.